The molecule has 2 aromatic rings. The van der Waals surface area contributed by atoms with Gasteiger partial charge in [-0.1, -0.05) is 30.3 Å². The van der Waals surface area contributed by atoms with Crippen LogP contribution in [0, 0.1) is 0 Å². The van der Waals surface area contributed by atoms with Crippen LogP contribution < -0.4 is 20.4 Å². The molecule has 0 saturated carbocycles. The van der Waals surface area contributed by atoms with E-state index in [0.29, 0.717) is 6.54 Å². The van der Waals surface area contributed by atoms with E-state index in [1.165, 1.54) is 0 Å². The average molecular weight is 397 g/mol. The minimum atomic E-state index is -0.113. The Morgan fingerprint density at radius 1 is 0.966 bits per heavy atom. The molecule has 1 aliphatic rings. The quantitative estimate of drug-likeness (QED) is 0.599. The highest BCUT2D eigenvalue weighted by Crippen LogP contribution is 2.18. The Balaban J connectivity index is 1.39. The number of carbonyl (C=O) groups is 2. The van der Waals surface area contributed by atoms with E-state index >= 15 is 0 Å². The molecular formula is C22H29N4O3+. The zero-order chi connectivity index (χ0) is 20.5. The SMILES string of the molecule is C[NH+](CC(=O)NCc1ccccc1)CC(=O)Nc1ccc(N2CCOCC2)cc1. The number of hydrogen-bond acceptors (Lipinski definition) is 4. The smallest absolute Gasteiger partial charge is 0.279 e. The van der Waals surface area contributed by atoms with E-state index in [9.17, 15) is 9.59 Å². The summed E-state index contributed by atoms with van der Waals surface area (Å²) in [5, 5.41) is 5.78. The molecular weight excluding hydrogens is 368 g/mol. The van der Waals surface area contributed by atoms with E-state index in [4.69, 9.17) is 4.74 Å². The summed E-state index contributed by atoms with van der Waals surface area (Å²) in [5.41, 5.74) is 2.94. The van der Waals surface area contributed by atoms with Crippen molar-refractivity contribution in [1.29, 1.82) is 0 Å². The third kappa shape index (κ3) is 6.89. The first-order valence-corrected chi connectivity index (χ1v) is 9.95. The maximum Gasteiger partial charge on any atom is 0.279 e. The second-order valence-electron chi connectivity index (χ2n) is 7.27. The topological polar surface area (TPSA) is 75.1 Å². The van der Waals surface area contributed by atoms with Crippen LogP contribution in [0.5, 0.6) is 0 Å². The van der Waals surface area contributed by atoms with Crippen LogP contribution in [0.1, 0.15) is 5.56 Å². The standard InChI is InChI=1S/C22H28N4O3/c1-25(16-21(27)23-15-18-5-3-2-4-6-18)17-22(28)24-19-7-9-20(10-8-19)26-11-13-29-14-12-26/h2-10H,11-17H2,1H3,(H,23,27)(H,24,28)/p+1. The number of likely N-dealkylation sites (N-methyl/N-ethyl adjacent to an activating group) is 1. The van der Waals surface area contributed by atoms with E-state index < -0.39 is 0 Å². The van der Waals surface area contributed by atoms with E-state index in [-0.39, 0.29) is 24.9 Å². The summed E-state index contributed by atoms with van der Waals surface area (Å²) in [7, 11) is 1.84. The summed E-state index contributed by atoms with van der Waals surface area (Å²) in [5.74, 6) is -0.188. The lowest BCUT2D eigenvalue weighted by Crippen LogP contribution is -3.11. The van der Waals surface area contributed by atoms with Crippen molar-refractivity contribution in [2.24, 2.45) is 0 Å². The van der Waals surface area contributed by atoms with Crippen LogP contribution in [0.25, 0.3) is 0 Å². The van der Waals surface area contributed by atoms with Crippen molar-refractivity contribution in [3.05, 3.63) is 60.2 Å². The molecule has 0 aliphatic carbocycles. The van der Waals surface area contributed by atoms with Gasteiger partial charge in [-0.05, 0) is 29.8 Å². The third-order valence-electron chi connectivity index (χ3n) is 4.78. The molecule has 3 rings (SSSR count). The lowest BCUT2D eigenvalue weighted by Gasteiger charge is -2.28. The monoisotopic (exact) mass is 397 g/mol. The maximum absolute atomic E-state index is 12.3. The van der Waals surface area contributed by atoms with Crippen LogP contribution in [-0.4, -0.2) is 58.3 Å². The van der Waals surface area contributed by atoms with Gasteiger partial charge in [0.25, 0.3) is 11.8 Å². The van der Waals surface area contributed by atoms with Gasteiger partial charge in [-0.25, -0.2) is 0 Å². The number of nitrogens with one attached hydrogen (secondary N) is 3. The largest absolute Gasteiger partial charge is 0.378 e. The summed E-state index contributed by atoms with van der Waals surface area (Å²) < 4.78 is 5.37. The number of hydrogen-bond donors (Lipinski definition) is 3. The van der Waals surface area contributed by atoms with Gasteiger partial charge in [0.2, 0.25) is 0 Å². The Kier molecular flexibility index (Phi) is 7.61. The second-order valence-corrected chi connectivity index (χ2v) is 7.27. The van der Waals surface area contributed by atoms with E-state index in [2.05, 4.69) is 15.5 Å². The molecule has 0 spiro atoms. The van der Waals surface area contributed by atoms with Gasteiger partial charge in [0.1, 0.15) is 0 Å². The van der Waals surface area contributed by atoms with Gasteiger partial charge in [-0.3, -0.25) is 9.59 Å². The lowest BCUT2D eigenvalue weighted by molar-refractivity contribution is -0.862. The number of ether oxygens (including phenoxy) is 1. The molecule has 29 heavy (non-hydrogen) atoms. The van der Waals surface area contributed by atoms with Crippen molar-refractivity contribution in [3.63, 3.8) is 0 Å². The fraction of sp³-hybridized carbons (Fsp3) is 0.364. The molecule has 0 radical (unpaired) electrons. The number of carbonyl (C=O) groups excluding carboxylic acids is 2. The molecule has 7 nitrogen and oxygen atoms in total. The second kappa shape index (κ2) is 10.6. The van der Waals surface area contributed by atoms with E-state index in [0.717, 1.165) is 48.1 Å². The fourth-order valence-corrected chi connectivity index (χ4v) is 3.25. The number of quaternary nitrogens is 1. The van der Waals surface area contributed by atoms with E-state index in [1.54, 1.807) is 0 Å². The Labute approximate surface area is 171 Å². The average Bonchev–Trinajstić information content (AvgIpc) is 2.74. The minimum absolute atomic E-state index is 0.0750. The Morgan fingerprint density at radius 3 is 2.31 bits per heavy atom. The van der Waals surface area contributed by atoms with Crippen LogP contribution in [0.3, 0.4) is 0 Å². The number of amides is 2. The van der Waals surface area contributed by atoms with Crippen molar-refractivity contribution >= 4 is 23.2 Å². The first kappa shape index (κ1) is 20.8. The number of nitrogens with zero attached hydrogens (tertiary/aromatic N) is 1. The highest BCUT2D eigenvalue weighted by atomic mass is 16.5. The number of benzene rings is 2. The molecule has 1 saturated heterocycles. The van der Waals surface area contributed by atoms with Crippen LogP contribution in [0.2, 0.25) is 0 Å². The van der Waals surface area contributed by atoms with Crippen molar-refractivity contribution < 1.29 is 19.2 Å². The Morgan fingerprint density at radius 2 is 1.62 bits per heavy atom. The molecule has 0 bridgehead atoms. The molecule has 1 atom stereocenters. The summed E-state index contributed by atoms with van der Waals surface area (Å²) in [6, 6.07) is 17.6. The van der Waals surface area contributed by atoms with Gasteiger partial charge < -0.3 is 25.2 Å². The normalized spacial score (nSPS) is 14.9. The molecule has 3 N–H and O–H groups in total. The molecule has 1 aliphatic heterocycles. The van der Waals surface area contributed by atoms with Crippen molar-refractivity contribution in [2.45, 2.75) is 6.54 Å². The first-order chi connectivity index (χ1) is 14.1. The molecule has 154 valence electrons. The van der Waals surface area contributed by atoms with E-state index in [1.807, 2.05) is 61.6 Å². The van der Waals surface area contributed by atoms with Gasteiger partial charge in [-0.2, -0.15) is 0 Å². The maximum atomic E-state index is 12.3. The number of rotatable bonds is 8. The third-order valence-corrected chi connectivity index (χ3v) is 4.78. The van der Waals surface area contributed by atoms with Gasteiger partial charge in [-0.15, -0.1) is 0 Å². The zero-order valence-electron chi connectivity index (χ0n) is 16.8. The molecule has 0 aromatic heterocycles. The van der Waals surface area contributed by atoms with Crippen LogP contribution in [-0.2, 0) is 20.9 Å². The molecule has 2 amide bonds. The van der Waals surface area contributed by atoms with Gasteiger partial charge in [0, 0.05) is 31.0 Å². The van der Waals surface area contributed by atoms with Crippen LogP contribution >= 0.6 is 0 Å². The highest BCUT2D eigenvalue weighted by Gasteiger charge is 2.15. The molecule has 2 aromatic carbocycles. The summed E-state index contributed by atoms with van der Waals surface area (Å²) in [6.07, 6.45) is 0. The molecule has 1 unspecified atom stereocenters. The van der Waals surface area contributed by atoms with Crippen molar-refractivity contribution in [2.75, 3.05) is 56.7 Å². The predicted molar refractivity (Wildman–Crippen MR) is 113 cm³/mol. The Bertz CT molecular complexity index is 789. The lowest BCUT2D eigenvalue weighted by atomic mass is 10.2. The van der Waals surface area contributed by atoms with Gasteiger partial charge >= 0.3 is 0 Å². The van der Waals surface area contributed by atoms with Gasteiger partial charge in [0.05, 0.1) is 20.3 Å². The van der Waals surface area contributed by atoms with Crippen molar-refractivity contribution in [3.8, 4) is 0 Å². The number of morpholine rings is 1. The molecule has 1 heterocycles. The van der Waals surface area contributed by atoms with Crippen molar-refractivity contribution in [1.82, 2.24) is 5.32 Å². The van der Waals surface area contributed by atoms with Gasteiger partial charge in [0.15, 0.2) is 13.1 Å². The Hall–Kier alpha value is -2.90. The fourth-order valence-electron chi connectivity index (χ4n) is 3.25. The molecule has 1 fully saturated rings. The summed E-state index contributed by atoms with van der Waals surface area (Å²) >= 11 is 0. The highest BCUT2D eigenvalue weighted by molar-refractivity contribution is 5.91. The van der Waals surface area contributed by atoms with Crippen LogP contribution in [0.15, 0.2) is 54.6 Å². The van der Waals surface area contributed by atoms with Crippen LogP contribution in [0.4, 0.5) is 11.4 Å². The molecule has 7 heteroatoms. The summed E-state index contributed by atoms with van der Waals surface area (Å²) in [6.45, 7) is 4.21. The first-order valence-electron chi connectivity index (χ1n) is 9.95. The minimum Gasteiger partial charge on any atom is -0.378 e. The predicted octanol–water partition coefficient (Wildman–Crippen LogP) is 0.293. The zero-order valence-corrected chi connectivity index (χ0v) is 16.8. The summed E-state index contributed by atoms with van der Waals surface area (Å²) in [4.78, 5) is 27.5. The number of anilines is 2.